The van der Waals surface area contributed by atoms with Gasteiger partial charge >= 0.3 is 5.97 Å². The van der Waals surface area contributed by atoms with Crippen LogP contribution in [0.5, 0.6) is 0 Å². The number of hydrogen-bond donors (Lipinski definition) is 4. The zero-order valence-corrected chi connectivity index (χ0v) is 9.66. The van der Waals surface area contributed by atoms with Gasteiger partial charge in [-0.2, -0.15) is 0 Å². The molecule has 96 valence electrons. The number of nitrogens with one attached hydrogen (secondary N) is 3. The average molecular weight is 243 g/mol. The Kier molecular flexibility index (Phi) is 4.89. The second-order valence-corrected chi connectivity index (χ2v) is 3.99. The van der Waals surface area contributed by atoms with Gasteiger partial charge in [0.1, 0.15) is 12.6 Å². The van der Waals surface area contributed by atoms with Gasteiger partial charge in [0.15, 0.2) is 0 Å². The molecule has 2 unspecified atom stereocenters. The Balaban J connectivity index is 2.31. The third kappa shape index (κ3) is 4.39. The predicted molar refractivity (Wildman–Crippen MR) is 59.3 cm³/mol. The molecule has 1 aliphatic heterocycles. The summed E-state index contributed by atoms with van der Waals surface area (Å²) in [6.45, 7) is 1.88. The van der Waals surface area contributed by atoms with Crippen LogP contribution in [0.4, 0.5) is 0 Å². The second kappa shape index (κ2) is 6.19. The number of carbonyl (C=O) groups is 3. The van der Waals surface area contributed by atoms with Crippen LogP contribution in [0.25, 0.3) is 0 Å². The van der Waals surface area contributed by atoms with Gasteiger partial charge in [0.05, 0.1) is 6.04 Å². The van der Waals surface area contributed by atoms with Crippen molar-refractivity contribution in [2.45, 2.75) is 31.8 Å². The van der Waals surface area contributed by atoms with Crippen molar-refractivity contribution in [1.29, 1.82) is 0 Å². The molecule has 1 saturated heterocycles. The Hall–Kier alpha value is -1.63. The Bertz CT molecular complexity index is 313. The monoisotopic (exact) mass is 243 g/mol. The average Bonchev–Trinajstić information content (AvgIpc) is 2.78. The highest BCUT2D eigenvalue weighted by molar-refractivity contribution is 5.90. The molecule has 17 heavy (non-hydrogen) atoms. The molecule has 0 saturated carbocycles. The molecule has 0 aromatic carbocycles. The molecule has 1 heterocycles. The molecule has 0 bridgehead atoms. The summed E-state index contributed by atoms with van der Waals surface area (Å²) in [4.78, 5) is 33.3. The van der Waals surface area contributed by atoms with Gasteiger partial charge in [-0.05, 0) is 26.3 Å². The van der Waals surface area contributed by atoms with Gasteiger partial charge in [0, 0.05) is 0 Å². The van der Waals surface area contributed by atoms with Crippen molar-refractivity contribution in [2.24, 2.45) is 0 Å². The minimum absolute atomic E-state index is 0.222. The van der Waals surface area contributed by atoms with Crippen molar-refractivity contribution >= 4 is 17.8 Å². The van der Waals surface area contributed by atoms with Crippen molar-refractivity contribution < 1.29 is 19.5 Å². The molecule has 7 heteroatoms. The normalized spacial score (nSPS) is 20.6. The first kappa shape index (κ1) is 13.4. The van der Waals surface area contributed by atoms with Gasteiger partial charge < -0.3 is 21.1 Å². The van der Waals surface area contributed by atoms with Crippen LogP contribution >= 0.6 is 0 Å². The lowest BCUT2D eigenvalue weighted by Gasteiger charge is -2.16. The fourth-order valence-electron chi connectivity index (χ4n) is 1.60. The van der Waals surface area contributed by atoms with Gasteiger partial charge in [-0.3, -0.25) is 14.4 Å². The van der Waals surface area contributed by atoms with Gasteiger partial charge in [-0.25, -0.2) is 0 Å². The number of amides is 2. The molecule has 1 rings (SSSR count). The van der Waals surface area contributed by atoms with Crippen molar-refractivity contribution in [3.05, 3.63) is 0 Å². The summed E-state index contributed by atoms with van der Waals surface area (Å²) < 4.78 is 0. The summed E-state index contributed by atoms with van der Waals surface area (Å²) in [5, 5.41) is 16.1. The first-order valence-corrected chi connectivity index (χ1v) is 5.54. The van der Waals surface area contributed by atoms with E-state index in [9.17, 15) is 14.4 Å². The molecule has 1 fully saturated rings. The fraction of sp³-hybridized carbons (Fsp3) is 0.700. The Morgan fingerprint density at radius 2 is 2.18 bits per heavy atom. The standard InChI is InChI=1S/C10H17N3O4/c1-6(9(16)12-5-8(14)15)13-10(17)7-3-2-4-11-7/h6-7,11H,2-5H2,1H3,(H,12,16)(H,13,17)(H,14,15). The first-order chi connectivity index (χ1) is 8.00. The Labute approximate surface area is 98.9 Å². The molecule has 1 aliphatic rings. The van der Waals surface area contributed by atoms with Crippen LogP contribution in [0.15, 0.2) is 0 Å². The maximum absolute atomic E-state index is 11.6. The van der Waals surface area contributed by atoms with Gasteiger partial charge in [-0.15, -0.1) is 0 Å². The van der Waals surface area contributed by atoms with Crippen molar-refractivity contribution in [2.75, 3.05) is 13.1 Å². The summed E-state index contributed by atoms with van der Waals surface area (Å²) in [5.41, 5.74) is 0. The number of hydrogen-bond acceptors (Lipinski definition) is 4. The Morgan fingerprint density at radius 1 is 1.47 bits per heavy atom. The molecule has 0 spiro atoms. The minimum atomic E-state index is -1.12. The number of carboxylic acids is 1. The lowest BCUT2D eigenvalue weighted by Crippen LogP contribution is -2.50. The zero-order chi connectivity index (χ0) is 12.8. The van der Waals surface area contributed by atoms with E-state index in [1.165, 1.54) is 6.92 Å². The molecule has 2 atom stereocenters. The third-order valence-corrected chi connectivity index (χ3v) is 2.54. The van der Waals surface area contributed by atoms with E-state index in [1.54, 1.807) is 0 Å². The van der Waals surface area contributed by atoms with Crippen molar-refractivity contribution in [3.63, 3.8) is 0 Å². The smallest absolute Gasteiger partial charge is 0.322 e. The predicted octanol–water partition coefficient (Wildman–Crippen LogP) is -1.56. The molecule has 4 N–H and O–H groups in total. The van der Waals surface area contributed by atoms with Crippen LogP contribution in [0, 0.1) is 0 Å². The summed E-state index contributed by atoms with van der Waals surface area (Å²) in [7, 11) is 0. The molecule has 0 aromatic rings. The quantitative estimate of drug-likeness (QED) is 0.467. The third-order valence-electron chi connectivity index (χ3n) is 2.54. The number of carboxylic acid groups (broad SMARTS) is 1. The zero-order valence-electron chi connectivity index (χ0n) is 9.66. The van der Waals surface area contributed by atoms with E-state index in [1.807, 2.05) is 0 Å². The van der Waals surface area contributed by atoms with Crippen LogP contribution in [0.3, 0.4) is 0 Å². The molecular formula is C10H17N3O4. The maximum atomic E-state index is 11.6. The number of carbonyl (C=O) groups excluding carboxylic acids is 2. The van der Waals surface area contributed by atoms with E-state index < -0.39 is 24.5 Å². The van der Waals surface area contributed by atoms with Crippen LogP contribution in [-0.4, -0.2) is 48.1 Å². The van der Waals surface area contributed by atoms with Gasteiger partial charge in [0.2, 0.25) is 11.8 Å². The van der Waals surface area contributed by atoms with E-state index in [-0.39, 0.29) is 11.9 Å². The molecule has 0 aromatic heterocycles. The highest BCUT2D eigenvalue weighted by Gasteiger charge is 2.24. The topological polar surface area (TPSA) is 108 Å². The van der Waals surface area contributed by atoms with Crippen LogP contribution < -0.4 is 16.0 Å². The van der Waals surface area contributed by atoms with Gasteiger partial charge in [-0.1, -0.05) is 0 Å². The lowest BCUT2D eigenvalue weighted by molar-refractivity contribution is -0.138. The molecule has 0 radical (unpaired) electrons. The summed E-state index contributed by atoms with van der Waals surface area (Å²) in [6, 6.07) is -0.978. The Morgan fingerprint density at radius 3 is 2.71 bits per heavy atom. The molecular weight excluding hydrogens is 226 g/mol. The first-order valence-electron chi connectivity index (χ1n) is 5.54. The molecule has 2 amide bonds. The lowest BCUT2D eigenvalue weighted by atomic mass is 10.2. The van der Waals surface area contributed by atoms with Crippen LogP contribution in [0.1, 0.15) is 19.8 Å². The van der Waals surface area contributed by atoms with E-state index in [0.717, 1.165) is 19.4 Å². The molecule has 0 aliphatic carbocycles. The summed E-state index contributed by atoms with van der Waals surface area (Å²) in [6.07, 6.45) is 1.70. The highest BCUT2D eigenvalue weighted by atomic mass is 16.4. The van der Waals surface area contributed by atoms with E-state index >= 15 is 0 Å². The largest absolute Gasteiger partial charge is 0.480 e. The number of aliphatic carboxylic acids is 1. The van der Waals surface area contributed by atoms with Crippen molar-refractivity contribution in [3.8, 4) is 0 Å². The molecule has 7 nitrogen and oxygen atoms in total. The SMILES string of the molecule is CC(NC(=O)C1CCCN1)C(=O)NCC(=O)O. The summed E-state index contributed by atoms with van der Waals surface area (Å²) in [5.74, 6) is -1.84. The van der Waals surface area contributed by atoms with Crippen LogP contribution in [0.2, 0.25) is 0 Å². The summed E-state index contributed by atoms with van der Waals surface area (Å²) >= 11 is 0. The number of rotatable bonds is 5. The maximum Gasteiger partial charge on any atom is 0.322 e. The fourth-order valence-corrected chi connectivity index (χ4v) is 1.60. The second-order valence-electron chi connectivity index (χ2n) is 3.99. The van der Waals surface area contributed by atoms with E-state index in [2.05, 4.69) is 16.0 Å². The van der Waals surface area contributed by atoms with Gasteiger partial charge in [0.25, 0.3) is 0 Å². The minimum Gasteiger partial charge on any atom is -0.480 e. The highest BCUT2D eigenvalue weighted by Crippen LogP contribution is 2.04. The van der Waals surface area contributed by atoms with E-state index in [0.29, 0.717) is 0 Å². The van der Waals surface area contributed by atoms with Crippen molar-refractivity contribution in [1.82, 2.24) is 16.0 Å². The van der Waals surface area contributed by atoms with Crippen LogP contribution in [-0.2, 0) is 14.4 Å². The van der Waals surface area contributed by atoms with E-state index in [4.69, 9.17) is 5.11 Å².